The van der Waals surface area contributed by atoms with Crippen LogP contribution in [0.3, 0.4) is 0 Å². The molecule has 1 aromatic carbocycles. The molecule has 3 heterocycles. The Labute approximate surface area is 166 Å². The number of hydrogen-bond acceptors (Lipinski definition) is 7. The van der Waals surface area contributed by atoms with Gasteiger partial charge in [0.05, 0.1) is 6.20 Å². The summed E-state index contributed by atoms with van der Waals surface area (Å²) in [6.07, 6.45) is 6.86. The highest BCUT2D eigenvalue weighted by molar-refractivity contribution is 5.67. The lowest BCUT2D eigenvalue weighted by Gasteiger charge is -2.26. The van der Waals surface area contributed by atoms with E-state index < -0.39 is 6.61 Å². The molecular weight excluding hydrogens is 378 g/mol. The molecule has 1 aliphatic heterocycles. The van der Waals surface area contributed by atoms with Crippen molar-refractivity contribution < 1.29 is 13.5 Å². The van der Waals surface area contributed by atoms with E-state index in [1.54, 1.807) is 30.6 Å². The largest absolute Gasteiger partial charge is 0.435 e. The van der Waals surface area contributed by atoms with Crippen molar-refractivity contribution in [2.75, 3.05) is 23.3 Å². The molecule has 150 valence electrons. The third-order valence-corrected chi connectivity index (χ3v) is 4.61. The highest BCUT2D eigenvalue weighted by Crippen LogP contribution is 2.25. The minimum atomic E-state index is -2.85. The minimum absolute atomic E-state index is 0.107. The molecule has 1 fully saturated rings. The van der Waals surface area contributed by atoms with Gasteiger partial charge in [0.2, 0.25) is 5.95 Å². The number of ether oxygens (including phenoxy) is 1. The Morgan fingerprint density at radius 1 is 0.966 bits per heavy atom. The highest BCUT2D eigenvalue weighted by Gasteiger charge is 2.14. The van der Waals surface area contributed by atoms with E-state index in [0.29, 0.717) is 17.6 Å². The Kier molecular flexibility index (Phi) is 5.73. The number of halogens is 2. The van der Waals surface area contributed by atoms with Gasteiger partial charge in [-0.2, -0.15) is 18.9 Å². The molecule has 9 heteroatoms. The first-order valence-electron chi connectivity index (χ1n) is 9.40. The van der Waals surface area contributed by atoms with E-state index >= 15 is 0 Å². The van der Waals surface area contributed by atoms with Gasteiger partial charge in [-0.05, 0) is 49.1 Å². The van der Waals surface area contributed by atoms with Gasteiger partial charge in [-0.25, -0.2) is 4.98 Å². The molecule has 29 heavy (non-hydrogen) atoms. The molecule has 0 aliphatic carbocycles. The predicted octanol–water partition coefficient (Wildman–Crippen LogP) is 4.27. The summed E-state index contributed by atoms with van der Waals surface area (Å²) in [6, 6.07) is 9.96. The van der Waals surface area contributed by atoms with Gasteiger partial charge in [-0.15, -0.1) is 5.10 Å². The predicted molar refractivity (Wildman–Crippen MR) is 105 cm³/mol. The number of hydrogen-bond donors (Lipinski definition) is 1. The molecule has 0 radical (unpaired) electrons. The first-order valence-corrected chi connectivity index (χ1v) is 9.40. The maximum Gasteiger partial charge on any atom is 0.387 e. The van der Waals surface area contributed by atoms with E-state index in [1.807, 2.05) is 6.07 Å². The summed E-state index contributed by atoms with van der Waals surface area (Å²) < 4.78 is 29.0. The Morgan fingerprint density at radius 2 is 1.76 bits per heavy atom. The van der Waals surface area contributed by atoms with E-state index in [0.717, 1.165) is 37.1 Å². The minimum Gasteiger partial charge on any atom is -0.435 e. The standard InChI is InChI=1S/C20H20F2N6O/c21-19(22)29-16-6-4-14(5-7-16)15-12-18(27-24-13-15)25-17-8-9-23-20(26-17)28-10-2-1-3-11-28/h4-9,12-13,19H,1-3,10-11H2,(H,23,25,26,27). The second-order valence-electron chi connectivity index (χ2n) is 6.65. The molecule has 1 aliphatic rings. The second-order valence-corrected chi connectivity index (χ2v) is 6.65. The monoisotopic (exact) mass is 398 g/mol. The van der Waals surface area contributed by atoms with Gasteiger partial charge in [-0.1, -0.05) is 12.1 Å². The van der Waals surface area contributed by atoms with Crippen LogP contribution in [0.2, 0.25) is 0 Å². The summed E-state index contributed by atoms with van der Waals surface area (Å²) in [4.78, 5) is 11.1. The van der Waals surface area contributed by atoms with Crippen molar-refractivity contribution in [3.05, 3.63) is 48.8 Å². The molecule has 0 amide bonds. The van der Waals surface area contributed by atoms with Crippen molar-refractivity contribution >= 4 is 17.6 Å². The van der Waals surface area contributed by atoms with Gasteiger partial charge in [0.15, 0.2) is 5.82 Å². The quantitative estimate of drug-likeness (QED) is 0.664. The molecule has 1 saturated heterocycles. The van der Waals surface area contributed by atoms with Gasteiger partial charge in [0, 0.05) is 24.8 Å². The topological polar surface area (TPSA) is 76.1 Å². The second kappa shape index (κ2) is 8.76. The van der Waals surface area contributed by atoms with Crippen molar-refractivity contribution in [3.63, 3.8) is 0 Å². The van der Waals surface area contributed by atoms with Crippen LogP contribution in [0.4, 0.5) is 26.4 Å². The Balaban J connectivity index is 1.49. The first-order chi connectivity index (χ1) is 14.2. The molecule has 1 N–H and O–H groups in total. The number of piperidine rings is 1. The number of anilines is 3. The van der Waals surface area contributed by atoms with Crippen LogP contribution in [0.1, 0.15) is 19.3 Å². The fourth-order valence-electron chi connectivity index (χ4n) is 3.21. The smallest absolute Gasteiger partial charge is 0.387 e. The third-order valence-electron chi connectivity index (χ3n) is 4.61. The van der Waals surface area contributed by atoms with Crippen molar-refractivity contribution in [2.45, 2.75) is 25.9 Å². The number of nitrogens with one attached hydrogen (secondary N) is 1. The lowest BCUT2D eigenvalue weighted by Crippen LogP contribution is -2.31. The zero-order chi connectivity index (χ0) is 20.1. The molecule has 0 unspecified atom stereocenters. The van der Waals surface area contributed by atoms with E-state index in [4.69, 9.17) is 0 Å². The number of alkyl halides is 2. The Bertz CT molecular complexity index is 948. The van der Waals surface area contributed by atoms with Crippen molar-refractivity contribution in [2.24, 2.45) is 0 Å². The summed E-state index contributed by atoms with van der Waals surface area (Å²) in [7, 11) is 0. The van der Waals surface area contributed by atoms with Crippen LogP contribution < -0.4 is 15.0 Å². The SMILES string of the molecule is FC(F)Oc1ccc(-c2cnnc(Nc3ccnc(N4CCCCC4)n3)c2)cc1. The fourth-order valence-corrected chi connectivity index (χ4v) is 3.21. The maximum absolute atomic E-state index is 12.3. The van der Waals surface area contributed by atoms with Crippen molar-refractivity contribution in [3.8, 4) is 16.9 Å². The van der Waals surface area contributed by atoms with E-state index in [9.17, 15) is 8.78 Å². The van der Waals surface area contributed by atoms with Crippen LogP contribution in [-0.2, 0) is 0 Å². The number of rotatable bonds is 6. The van der Waals surface area contributed by atoms with Crippen LogP contribution in [-0.4, -0.2) is 39.9 Å². The molecule has 0 bridgehead atoms. The normalized spacial score (nSPS) is 14.1. The molecule has 0 spiro atoms. The average Bonchev–Trinajstić information content (AvgIpc) is 2.75. The summed E-state index contributed by atoms with van der Waals surface area (Å²) in [5, 5.41) is 11.3. The molecule has 2 aromatic heterocycles. The third kappa shape index (κ3) is 4.92. The van der Waals surface area contributed by atoms with Crippen LogP contribution in [0.25, 0.3) is 11.1 Å². The average molecular weight is 398 g/mol. The molecule has 4 rings (SSSR count). The Morgan fingerprint density at radius 3 is 2.52 bits per heavy atom. The molecule has 7 nitrogen and oxygen atoms in total. The summed E-state index contributed by atoms with van der Waals surface area (Å²) in [5.41, 5.74) is 1.60. The summed E-state index contributed by atoms with van der Waals surface area (Å²) in [5.74, 6) is 1.97. The summed E-state index contributed by atoms with van der Waals surface area (Å²) >= 11 is 0. The maximum atomic E-state index is 12.3. The van der Waals surface area contributed by atoms with Gasteiger partial charge >= 0.3 is 6.61 Å². The lowest BCUT2D eigenvalue weighted by atomic mass is 10.1. The molecular formula is C20H20F2N6O. The summed E-state index contributed by atoms with van der Waals surface area (Å²) in [6.45, 7) is -0.921. The van der Waals surface area contributed by atoms with Gasteiger partial charge < -0.3 is 15.0 Å². The molecule has 0 saturated carbocycles. The Hall–Kier alpha value is -3.36. The zero-order valence-corrected chi connectivity index (χ0v) is 15.6. The fraction of sp³-hybridized carbons (Fsp3) is 0.300. The van der Waals surface area contributed by atoms with Crippen molar-refractivity contribution in [1.29, 1.82) is 0 Å². The van der Waals surface area contributed by atoms with Gasteiger partial charge in [0.1, 0.15) is 11.6 Å². The van der Waals surface area contributed by atoms with Crippen LogP contribution >= 0.6 is 0 Å². The van der Waals surface area contributed by atoms with Crippen LogP contribution in [0.5, 0.6) is 5.75 Å². The zero-order valence-electron chi connectivity index (χ0n) is 15.6. The van der Waals surface area contributed by atoms with E-state index in [1.165, 1.54) is 18.6 Å². The van der Waals surface area contributed by atoms with Gasteiger partial charge in [-0.3, -0.25) is 0 Å². The first kappa shape index (κ1) is 19.0. The van der Waals surface area contributed by atoms with E-state index in [-0.39, 0.29) is 5.75 Å². The van der Waals surface area contributed by atoms with Gasteiger partial charge in [0.25, 0.3) is 0 Å². The lowest BCUT2D eigenvalue weighted by molar-refractivity contribution is -0.0498. The van der Waals surface area contributed by atoms with E-state index in [2.05, 4.69) is 35.1 Å². The number of benzene rings is 1. The molecule has 3 aromatic rings. The van der Waals surface area contributed by atoms with Crippen molar-refractivity contribution in [1.82, 2.24) is 20.2 Å². The van der Waals surface area contributed by atoms with Crippen LogP contribution in [0.15, 0.2) is 48.8 Å². The number of aromatic nitrogens is 4. The van der Waals surface area contributed by atoms with Crippen LogP contribution in [0, 0.1) is 0 Å². The molecule has 0 atom stereocenters. The highest BCUT2D eigenvalue weighted by atomic mass is 19.3. The number of nitrogens with zero attached hydrogens (tertiary/aromatic N) is 5.